The zero-order valence-corrected chi connectivity index (χ0v) is 13.1. The maximum absolute atomic E-state index is 5.98. The molecule has 0 aliphatic rings. The third-order valence-corrected chi connectivity index (χ3v) is 3.91. The summed E-state index contributed by atoms with van der Waals surface area (Å²) < 4.78 is 6.20. The second kappa shape index (κ2) is 6.72. The van der Waals surface area contributed by atoms with Crippen molar-refractivity contribution in [3.8, 4) is 5.75 Å². The summed E-state index contributed by atoms with van der Waals surface area (Å²) in [5.41, 5.74) is 8.96. The van der Waals surface area contributed by atoms with Gasteiger partial charge in [-0.15, -0.1) is 0 Å². The number of anilines is 1. The largest absolute Gasteiger partial charge is 0.496 e. The zero-order valence-electron chi connectivity index (χ0n) is 11.6. The number of nitrogens with zero attached hydrogens (tertiary/aromatic N) is 1. The summed E-state index contributed by atoms with van der Waals surface area (Å²) in [6, 6.07) is 8.07. The quantitative estimate of drug-likeness (QED) is 0.881. The van der Waals surface area contributed by atoms with Crippen LogP contribution >= 0.6 is 15.9 Å². The number of hydrogen-bond acceptors (Lipinski definition) is 4. The Balaban J connectivity index is 2.24. The lowest BCUT2D eigenvalue weighted by Crippen LogP contribution is -2.19. The first-order chi connectivity index (χ1) is 9.65. The highest BCUT2D eigenvalue weighted by Gasteiger charge is 2.13. The van der Waals surface area contributed by atoms with Crippen molar-refractivity contribution in [2.45, 2.75) is 12.5 Å². The summed E-state index contributed by atoms with van der Waals surface area (Å²) >= 11 is 3.51. The van der Waals surface area contributed by atoms with Crippen LogP contribution in [0.4, 0.5) is 5.69 Å². The van der Waals surface area contributed by atoms with E-state index in [-0.39, 0.29) is 6.04 Å². The fourth-order valence-electron chi connectivity index (χ4n) is 2.11. The van der Waals surface area contributed by atoms with Gasteiger partial charge in [0.15, 0.2) is 0 Å². The minimum Gasteiger partial charge on any atom is -0.496 e. The fourth-order valence-corrected chi connectivity index (χ4v) is 2.67. The van der Waals surface area contributed by atoms with Crippen molar-refractivity contribution >= 4 is 21.6 Å². The van der Waals surface area contributed by atoms with Crippen molar-refractivity contribution in [1.82, 2.24) is 10.3 Å². The Kier molecular flexibility index (Phi) is 4.98. The van der Waals surface area contributed by atoms with Crippen LogP contribution in [-0.4, -0.2) is 19.1 Å². The van der Waals surface area contributed by atoms with Crippen LogP contribution in [0.25, 0.3) is 0 Å². The molecule has 2 rings (SSSR count). The number of methoxy groups -OCH3 is 1. The van der Waals surface area contributed by atoms with Crippen LogP contribution in [0.15, 0.2) is 41.1 Å². The molecule has 2 aromatic rings. The summed E-state index contributed by atoms with van der Waals surface area (Å²) in [4.78, 5) is 4.13. The molecule has 1 aromatic carbocycles. The molecule has 1 aromatic heterocycles. The van der Waals surface area contributed by atoms with Crippen LogP contribution in [0.2, 0.25) is 0 Å². The van der Waals surface area contributed by atoms with E-state index in [2.05, 4.69) is 38.4 Å². The van der Waals surface area contributed by atoms with Crippen LogP contribution in [0.3, 0.4) is 0 Å². The number of aromatic nitrogens is 1. The monoisotopic (exact) mass is 335 g/mol. The molecule has 0 saturated carbocycles. The number of benzene rings is 1. The number of hydrogen-bond donors (Lipinski definition) is 2. The first-order valence-electron chi connectivity index (χ1n) is 6.34. The minimum absolute atomic E-state index is 0.170. The SMILES string of the molecule is CNC(Cc1cnccc1N)c1ccc(OC)c(Br)c1. The van der Waals surface area contributed by atoms with Crippen molar-refractivity contribution in [3.63, 3.8) is 0 Å². The van der Waals surface area contributed by atoms with Gasteiger partial charge in [0, 0.05) is 24.1 Å². The van der Waals surface area contributed by atoms with Gasteiger partial charge in [0.1, 0.15) is 5.75 Å². The molecule has 0 fully saturated rings. The van der Waals surface area contributed by atoms with E-state index >= 15 is 0 Å². The second-order valence-electron chi connectivity index (χ2n) is 4.51. The number of nitrogens with two attached hydrogens (primary N) is 1. The highest BCUT2D eigenvalue weighted by atomic mass is 79.9. The maximum atomic E-state index is 5.98. The lowest BCUT2D eigenvalue weighted by atomic mass is 9.99. The molecule has 5 heteroatoms. The first kappa shape index (κ1) is 14.8. The summed E-state index contributed by atoms with van der Waals surface area (Å²) in [5, 5.41) is 3.31. The molecular formula is C15H18BrN3O. The summed E-state index contributed by atoms with van der Waals surface area (Å²) in [6.07, 6.45) is 4.31. The molecule has 0 radical (unpaired) electrons. The molecule has 3 N–H and O–H groups in total. The fraction of sp³-hybridized carbons (Fsp3) is 0.267. The standard InChI is InChI=1S/C15H18BrN3O/c1-18-14(8-11-9-19-6-5-13(11)17)10-3-4-15(20-2)12(16)7-10/h3-7,9,14,18H,8H2,1-2H3,(H2,17,19). The van der Waals surface area contributed by atoms with E-state index in [0.717, 1.165) is 27.9 Å². The average molecular weight is 336 g/mol. The molecule has 0 aliphatic heterocycles. The van der Waals surface area contributed by atoms with Gasteiger partial charge < -0.3 is 15.8 Å². The molecule has 20 heavy (non-hydrogen) atoms. The van der Waals surface area contributed by atoms with E-state index < -0.39 is 0 Å². The zero-order chi connectivity index (χ0) is 14.5. The second-order valence-corrected chi connectivity index (χ2v) is 5.37. The summed E-state index contributed by atoms with van der Waals surface area (Å²) in [5.74, 6) is 0.824. The van der Waals surface area contributed by atoms with Gasteiger partial charge in [-0.25, -0.2) is 0 Å². The number of nitrogen functional groups attached to an aromatic ring is 1. The van der Waals surface area contributed by atoms with Gasteiger partial charge in [0.25, 0.3) is 0 Å². The highest BCUT2D eigenvalue weighted by Crippen LogP contribution is 2.29. The molecule has 1 atom stereocenters. The predicted molar refractivity (Wildman–Crippen MR) is 84.8 cm³/mol. The molecule has 0 aliphatic carbocycles. The van der Waals surface area contributed by atoms with E-state index in [1.54, 1.807) is 13.3 Å². The number of likely N-dealkylation sites (N-methyl/N-ethyl adjacent to an activating group) is 1. The Labute approximate surface area is 127 Å². The van der Waals surface area contributed by atoms with Crippen LogP contribution < -0.4 is 15.8 Å². The van der Waals surface area contributed by atoms with Gasteiger partial charge in [-0.3, -0.25) is 4.98 Å². The number of rotatable bonds is 5. The van der Waals surface area contributed by atoms with Crippen molar-refractivity contribution in [2.75, 3.05) is 19.9 Å². The normalized spacial score (nSPS) is 12.2. The number of nitrogens with one attached hydrogen (secondary N) is 1. The van der Waals surface area contributed by atoms with Crippen molar-refractivity contribution < 1.29 is 4.74 Å². The molecule has 4 nitrogen and oxygen atoms in total. The molecule has 0 spiro atoms. The van der Waals surface area contributed by atoms with E-state index in [9.17, 15) is 0 Å². The maximum Gasteiger partial charge on any atom is 0.133 e. The van der Waals surface area contributed by atoms with Crippen LogP contribution in [0, 0.1) is 0 Å². The van der Waals surface area contributed by atoms with Gasteiger partial charge >= 0.3 is 0 Å². The van der Waals surface area contributed by atoms with Crippen molar-refractivity contribution in [1.29, 1.82) is 0 Å². The van der Waals surface area contributed by atoms with Crippen molar-refractivity contribution in [3.05, 3.63) is 52.3 Å². The Morgan fingerprint density at radius 2 is 2.20 bits per heavy atom. The van der Waals surface area contributed by atoms with Gasteiger partial charge in [-0.05, 0) is 58.7 Å². The van der Waals surface area contributed by atoms with Gasteiger partial charge in [-0.1, -0.05) is 6.07 Å². The molecule has 0 bridgehead atoms. The van der Waals surface area contributed by atoms with Crippen LogP contribution in [0.1, 0.15) is 17.2 Å². The lowest BCUT2D eigenvalue weighted by Gasteiger charge is -2.18. The van der Waals surface area contributed by atoms with Gasteiger partial charge in [0.05, 0.1) is 11.6 Å². The Morgan fingerprint density at radius 1 is 1.40 bits per heavy atom. The lowest BCUT2D eigenvalue weighted by molar-refractivity contribution is 0.411. The first-order valence-corrected chi connectivity index (χ1v) is 7.14. The predicted octanol–water partition coefficient (Wildman–Crippen LogP) is 2.94. The van der Waals surface area contributed by atoms with E-state index in [1.807, 2.05) is 25.4 Å². The summed E-state index contributed by atoms with van der Waals surface area (Å²) in [6.45, 7) is 0. The van der Waals surface area contributed by atoms with E-state index in [1.165, 1.54) is 5.56 Å². The third-order valence-electron chi connectivity index (χ3n) is 3.29. The topological polar surface area (TPSA) is 60.2 Å². The Hall–Kier alpha value is -1.59. The van der Waals surface area contributed by atoms with Gasteiger partial charge in [-0.2, -0.15) is 0 Å². The smallest absolute Gasteiger partial charge is 0.133 e. The third kappa shape index (κ3) is 3.29. The summed E-state index contributed by atoms with van der Waals surface area (Å²) in [7, 11) is 3.60. The Morgan fingerprint density at radius 3 is 2.80 bits per heavy atom. The molecule has 0 saturated heterocycles. The number of pyridine rings is 1. The van der Waals surface area contributed by atoms with Gasteiger partial charge in [0.2, 0.25) is 0 Å². The Bertz CT molecular complexity index is 589. The number of ether oxygens (including phenoxy) is 1. The molecule has 1 unspecified atom stereocenters. The number of halogens is 1. The van der Waals surface area contributed by atoms with Crippen LogP contribution in [0.5, 0.6) is 5.75 Å². The molecular weight excluding hydrogens is 318 g/mol. The molecule has 106 valence electrons. The molecule has 1 heterocycles. The highest BCUT2D eigenvalue weighted by molar-refractivity contribution is 9.10. The average Bonchev–Trinajstić information content (AvgIpc) is 2.46. The van der Waals surface area contributed by atoms with E-state index in [0.29, 0.717) is 0 Å². The molecule has 0 amide bonds. The van der Waals surface area contributed by atoms with E-state index in [4.69, 9.17) is 10.5 Å². The minimum atomic E-state index is 0.170. The van der Waals surface area contributed by atoms with Crippen molar-refractivity contribution in [2.24, 2.45) is 0 Å². The van der Waals surface area contributed by atoms with Crippen LogP contribution in [-0.2, 0) is 6.42 Å².